The second kappa shape index (κ2) is 13.0. The monoisotopic (exact) mass is 607 g/mol. The number of esters is 1. The molecule has 0 amide bonds. The number of rotatable bonds is 11. The Bertz CT molecular complexity index is 1480. The maximum atomic E-state index is 15.6. The van der Waals surface area contributed by atoms with Gasteiger partial charge in [0.2, 0.25) is 10.0 Å². The molecule has 0 saturated heterocycles. The molecule has 0 bridgehead atoms. The number of nitrogens with one attached hydrogen (secondary N) is 1. The quantitative estimate of drug-likeness (QED) is 0.197. The minimum Gasteiger partial charge on any atom is -0.458 e. The first kappa shape index (κ1) is 32.7. The van der Waals surface area contributed by atoms with Crippen molar-refractivity contribution in [2.75, 3.05) is 5.88 Å². The Hall–Kier alpha value is -2.85. The molecule has 0 aliphatic heterocycles. The van der Waals surface area contributed by atoms with Crippen molar-refractivity contribution in [1.29, 1.82) is 0 Å². The number of aryl methyl sites for hydroxylation is 1. The van der Waals surface area contributed by atoms with E-state index in [1.165, 1.54) is 25.1 Å². The number of hydrogen-bond acceptors (Lipinski definition) is 5. The lowest BCUT2D eigenvalue weighted by atomic mass is 9.75. The normalized spacial score (nSPS) is 15.1. The highest BCUT2D eigenvalue weighted by Crippen LogP contribution is 2.41. The van der Waals surface area contributed by atoms with Crippen LogP contribution in [0, 0.1) is 25.5 Å². The number of carbonyl (C=O) groups is 1. The third-order valence-corrected chi connectivity index (χ3v) is 8.76. The first-order valence-corrected chi connectivity index (χ1v) is 15.1. The predicted molar refractivity (Wildman–Crippen MR) is 155 cm³/mol. The Labute approximate surface area is 246 Å². The minimum absolute atomic E-state index is 0.0156. The zero-order chi connectivity index (χ0) is 30.6. The molecule has 3 rings (SSSR count). The van der Waals surface area contributed by atoms with Gasteiger partial charge in [0.1, 0.15) is 22.1 Å². The molecule has 0 aromatic heterocycles. The molecule has 0 heterocycles. The molecule has 6 nitrogen and oxygen atoms in total. The summed E-state index contributed by atoms with van der Waals surface area (Å²) in [6.45, 7) is 9.74. The highest BCUT2D eigenvalue weighted by molar-refractivity contribution is 7.89. The van der Waals surface area contributed by atoms with E-state index in [4.69, 9.17) is 21.1 Å². The van der Waals surface area contributed by atoms with Crippen LogP contribution in [0.3, 0.4) is 0 Å². The zero-order valence-electron chi connectivity index (χ0n) is 24.0. The van der Waals surface area contributed by atoms with Gasteiger partial charge in [-0.1, -0.05) is 48.5 Å². The highest BCUT2D eigenvalue weighted by atomic mass is 35.5. The first-order chi connectivity index (χ1) is 19.1. The number of benzene rings is 3. The van der Waals surface area contributed by atoms with Crippen molar-refractivity contribution in [2.24, 2.45) is 0 Å². The molecule has 3 aromatic rings. The summed E-state index contributed by atoms with van der Waals surface area (Å²) in [5.74, 6) is -4.50. The molecule has 10 heteroatoms. The van der Waals surface area contributed by atoms with Crippen molar-refractivity contribution in [1.82, 2.24) is 4.72 Å². The molecule has 0 aliphatic carbocycles. The summed E-state index contributed by atoms with van der Waals surface area (Å²) in [7, 11) is -4.76. The molecule has 0 aliphatic rings. The van der Waals surface area contributed by atoms with Gasteiger partial charge in [-0.05, 0) is 82.0 Å². The van der Waals surface area contributed by atoms with Gasteiger partial charge in [-0.3, -0.25) is 0 Å². The van der Waals surface area contributed by atoms with Gasteiger partial charge in [0, 0.05) is 11.8 Å². The van der Waals surface area contributed by atoms with Gasteiger partial charge in [0.05, 0.1) is 12.7 Å². The number of carbonyl (C=O) groups excluding carboxylic acids is 1. The van der Waals surface area contributed by atoms with E-state index in [1.807, 2.05) is 6.07 Å². The highest BCUT2D eigenvalue weighted by Gasteiger charge is 2.57. The molecule has 0 radical (unpaired) electrons. The average molecular weight is 608 g/mol. The standard InChI is InChI=1S/C31H36ClF2NO5S/c1-20-16-17-26(34)28(21(20)2)24(18-32)31(29(36)40-30(4,5)6,22(3)39-19-23-12-8-7-9-13-23)35-41(37,38)27-15-11-10-14-25(27)33/h7-17,22,24,35H,18-19H2,1-6H3. The lowest BCUT2D eigenvalue weighted by Gasteiger charge is -2.44. The fraction of sp³-hybridized carbons (Fsp3) is 0.387. The second-order valence-corrected chi connectivity index (χ2v) is 12.9. The number of halogens is 3. The van der Waals surface area contributed by atoms with Crippen LogP contribution in [0.25, 0.3) is 0 Å². The van der Waals surface area contributed by atoms with Gasteiger partial charge in [0.15, 0.2) is 5.54 Å². The predicted octanol–water partition coefficient (Wildman–Crippen LogP) is 6.57. The van der Waals surface area contributed by atoms with Gasteiger partial charge in [0.25, 0.3) is 0 Å². The van der Waals surface area contributed by atoms with E-state index in [2.05, 4.69) is 4.72 Å². The van der Waals surface area contributed by atoms with E-state index in [0.717, 1.165) is 17.7 Å². The smallest absolute Gasteiger partial charge is 0.331 e. The molecule has 41 heavy (non-hydrogen) atoms. The fourth-order valence-electron chi connectivity index (χ4n) is 4.68. The van der Waals surface area contributed by atoms with Crippen molar-refractivity contribution in [3.05, 3.63) is 101 Å². The Morgan fingerprint density at radius 3 is 2.15 bits per heavy atom. The summed E-state index contributed by atoms with van der Waals surface area (Å²) in [6, 6.07) is 16.6. The summed E-state index contributed by atoms with van der Waals surface area (Å²) in [6.07, 6.45) is -1.28. The van der Waals surface area contributed by atoms with Crippen LogP contribution in [0.5, 0.6) is 0 Å². The SMILES string of the molecule is Cc1ccc(F)c(C(CCl)C(NS(=O)(=O)c2ccccc2F)(C(=O)OC(C)(C)C)C(C)OCc2ccccc2)c1C. The Morgan fingerprint density at radius 2 is 1.56 bits per heavy atom. The maximum Gasteiger partial charge on any atom is 0.331 e. The van der Waals surface area contributed by atoms with Crippen molar-refractivity contribution in [3.63, 3.8) is 0 Å². The van der Waals surface area contributed by atoms with Crippen LogP contribution in [0.1, 0.15) is 55.9 Å². The van der Waals surface area contributed by atoms with Crippen LogP contribution in [0.15, 0.2) is 71.6 Å². The molecular weight excluding hydrogens is 572 g/mol. The van der Waals surface area contributed by atoms with E-state index in [1.54, 1.807) is 65.0 Å². The summed E-state index contributed by atoms with van der Waals surface area (Å²) in [5, 5.41) is 0. The Kier molecular flexibility index (Phi) is 10.3. The molecule has 0 spiro atoms. The first-order valence-electron chi connectivity index (χ1n) is 13.1. The van der Waals surface area contributed by atoms with Crippen molar-refractivity contribution in [2.45, 2.75) is 76.2 Å². The lowest BCUT2D eigenvalue weighted by molar-refractivity contribution is -0.171. The summed E-state index contributed by atoms with van der Waals surface area (Å²) in [5.41, 5.74) is -1.47. The molecule has 3 unspecified atom stereocenters. The van der Waals surface area contributed by atoms with E-state index in [9.17, 15) is 17.6 Å². The molecule has 3 aromatic carbocycles. The average Bonchev–Trinajstić information content (AvgIpc) is 2.90. The van der Waals surface area contributed by atoms with Crippen molar-refractivity contribution < 1.29 is 31.5 Å². The maximum absolute atomic E-state index is 15.6. The van der Waals surface area contributed by atoms with Gasteiger partial charge in [-0.15, -0.1) is 11.6 Å². The third-order valence-electron chi connectivity index (χ3n) is 6.94. The largest absolute Gasteiger partial charge is 0.458 e. The van der Waals surface area contributed by atoms with Crippen LogP contribution < -0.4 is 4.72 Å². The molecular formula is C31H36ClF2NO5S. The zero-order valence-corrected chi connectivity index (χ0v) is 25.6. The number of alkyl halides is 1. The van der Waals surface area contributed by atoms with E-state index < -0.39 is 61.6 Å². The van der Waals surface area contributed by atoms with Crippen molar-refractivity contribution >= 4 is 27.6 Å². The van der Waals surface area contributed by atoms with Crippen LogP contribution in [-0.4, -0.2) is 37.5 Å². The minimum atomic E-state index is -4.76. The Morgan fingerprint density at radius 1 is 0.951 bits per heavy atom. The summed E-state index contributed by atoms with van der Waals surface area (Å²) < 4.78 is 72.6. The van der Waals surface area contributed by atoms with Crippen LogP contribution in [0.4, 0.5) is 8.78 Å². The number of sulfonamides is 1. The van der Waals surface area contributed by atoms with Gasteiger partial charge in [-0.2, -0.15) is 4.72 Å². The summed E-state index contributed by atoms with van der Waals surface area (Å²) >= 11 is 6.53. The fourth-order valence-corrected chi connectivity index (χ4v) is 6.60. The van der Waals surface area contributed by atoms with E-state index in [0.29, 0.717) is 11.1 Å². The van der Waals surface area contributed by atoms with Crippen LogP contribution in [0.2, 0.25) is 0 Å². The van der Waals surface area contributed by atoms with Gasteiger partial charge < -0.3 is 9.47 Å². The Balaban J connectivity index is 2.33. The topological polar surface area (TPSA) is 81.7 Å². The van der Waals surface area contributed by atoms with Crippen molar-refractivity contribution in [3.8, 4) is 0 Å². The van der Waals surface area contributed by atoms with E-state index >= 15 is 4.39 Å². The number of ether oxygens (including phenoxy) is 2. The molecule has 222 valence electrons. The third kappa shape index (κ3) is 7.33. The summed E-state index contributed by atoms with van der Waals surface area (Å²) in [4.78, 5) is 13.6. The van der Waals surface area contributed by atoms with Crippen LogP contribution >= 0.6 is 11.6 Å². The molecule has 0 saturated carbocycles. The molecule has 1 N–H and O–H groups in total. The molecule has 3 atom stereocenters. The second-order valence-electron chi connectivity index (χ2n) is 11.0. The van der Waals surface area contributed by atoms with Crippen LogP contribution in [-0.2, 0) is 30.9 Å². The lowest BCUT2D eigenvalue weighted by Crippen LogP contribution is -2.67. The molecule has 0 fully saturated rings. The van der Waals surface area contributed by atoms with Gasteiger partial charge >= 0.3 is 5.97 Å². The van der Waals surface area contributed by atoms with Gasteiger partial charge in [-0.25, -0.2) is 22.0 Å². The van der Waals surface area contributed by atoms with E-state index in [-0.39, 0.29) is 12.2 Å². The number of hydrogen-bond donors (Lipinski definition) is 1.